The van der Waals surface area contributed by atoms with Crippen LogP contribution in [0.5, 0.6) is 0 Å². The van der Waals surface area contributed by atoms with Crippen molar-refractivity contribution in [2.75, 3.05) is 13.7 Å². The van der Waals surface area contributed by atoms with Crippen LogP contribution in [0.15, 0.2) is 0 Å². The molecule has 0 spiro atoms. The Hall–Kier alpha value is -0.610. The van der Waals surface area contributed by atoms with E-state index in [1.165, 1.54) is 0 Å². The number of ether oxygens (including phenoxy) is 1. The van der Waals surface area contributed by atoms with Crippen LogP contribution < -0.4 is 11.1 Å². The molecule has 4 nitrogen and oxygen atoms in total. The highest BCUT2D eigenvalue weighted by atomic mass is 16.5. The quantitative estimate of drug-likeness (QED) is 0.628. The first-order chi connectivity index (χ1) is 6.10. The number of hydrogen-bond acceptors (Lipinski definition) is 3. The molecule has 0 aliphatic carbocycles. The minimum absolute atomic E-state index is 0.00102. The Morgan fingerprint density at radius 2 is 2.23 bits per heavy atom. The lowest BCUT2D eigenvalue weighted by atomic mass is 10.2. The maximum Gasteiger partial charge on any atom is 0.221 e. The van der Waals surface area contributed by atoms with Crippen molar-refractivity contribution >= 4 is 5.91 Å². The third-order valence-electron chi connectivity index (χ3n) is 1.73. The van der Waals surface area contributed by atoms with Crippen LogP contribution in [0.1, 0.15) is 26.7 Å². The van der Waals surface area contributed by atoms with Gasteiger partial charge in [-0.05, 0) is 13.3 Å². The fourth-order valence-corrected chi connectivity index (χ4v) is 1.04. The average molecular weight is 188 g/mol. The summed E-state index contributed by atoms with van der Waals surface area (Å²) in [4.78, 5) is 11.3. The van der Waals surface area contributed by atoms with E-state index in [0.717, 1.165) is 6.42 Å². The van der Waals surface area contributed by atoms with Crippen molar-refractivity contribution in [2.45, 2.75) is 38.8 Å². The summed E-state index contributed by atoms with van der Waals surface area (Å²) in [5.74, 6) is -0.00102. The van der Waals surface area contributed by atoms with Crippen molar-refractivity contribution in [1.82, 2.24) is 5.32 Å². The molecular formula is C9H20N2O2. The van der Waals surface area contributed by atoms with Gasteiger partial charge in [0.15, 0.2) is 0 Å². The van der Waals surface area contributed by atoms with Gasteiger partial charge < -0.3 is 15.8 Å². The Kier molecular flexibility index (Phi) is 6.54. The van der Waals surface area contributed by atoms with Crippen LogP contribution in [0.4, 0.5) is 0 Å². The predicted octanol–water partition coefficient (Wildman–Crippen LogP) is 0.265. The monoisotopic (exact) mass is 188 g/mol. The largest absolute Gasteiger partial charge is 0.383 e. The fourth-order valence-electron chi connectivity index (χ4n) is 1.04. The summed E-state index contributed by atoms with van der Waals surface area (Å²) in [5, 5.41) is 2.86. The summed E-state index contributed by atoms with van der Waals surface area (Å²) in [5.41, 5.74) is 5.49. The Bertz CT molecular complexity index is 149. The molecule has 13 heavy (non-hydrogen) atoms. The van der Waals surface area contributed by atoms with Gasteiger partial charge in [-0.3, -0.25) is 4.79 Å². The number of carbonyl (C=O) groups is 1. The van der Waals surface area contributed by atoms with Crippen LogP contribution in [-0.4, -0.2) is 31.7 Å². The fraction of sp³-hybridized carbons (Fsp3) is 0.889. The lowest BCUT2D eigenvalue weighted by Gasteiger charge is -2.16. The summed E-state index contributed by atoms with van der Waals surface area (Å²) in [6.07, 6.45) is 1.25. The van der Waals surface area contributed by atoms with Crippen LogP contribution in [0.3, 0.4) is 0 Å². The van der Waals surface area contributed by atoms with Crippen LogP contribution in [0, 0.1) is 0 Å². The molecule has 0 aromatic carbocycles. The summed E-state index contributed by atoms with van der Waals surface area (Å²) in [6.45, 7) is 4.38. The van der Waals surface area contributed by atoms with Gasteiger partial charge in [-0.1, -0.05) is 6.92 Å². The van der Waals surface area contributed by atoms with Gasteiger partial charge >= 0.3 is 0 Å². The van der Waals surface area contributed by atoms with E-state index in [2.05, 4.69) is 5.32 Å². The van der Waals surface area contributed by atoms with Gasteiger partial charge in [0, 0.05) is 19.6 Å². The maximum atomic E-state index is 11.3. The van der Waals surface area contributed by atoms with Crippen molar-refractivity contribution in [3.8, 4) is 0 Å². The molecule has 0 aliphatic heterocycles. The van der Waals surface area contributed by atoms with E-state index < -0.39 is 0 Å². The molecule has 0 bridgehead atoms. The molecule has 0 fully saturated rings. The molecule has 0 saturated carbocycles. The SMILES string of the molecule is CCC(COC)NC(=O)CC(C)N. The standard InChI is InChI=1S/C9H20N2O2/c1-4-8(6-13-3)11-9(12)5-7(2)10/h7-8H,4-6,10H2,1-3H3,(H,11,12). The topological polar surface area (TPSA) is 64.3 Å². The van der Waals surface area contributed by atoms with Gasteiger partial charge in [0.25, 0.3) is 0 Å². The Morgan fingerprint density at radius 3 is 2.62 bits per heavy atom. The molecule has 4 heteroatoms. The Morgan fingerprint density at radius 1 is 1.62 bits per heavy atom. The van der Waals surface area contributed by atoms with Crippen molar-refractivity contribution < 1.29 is 9.53 Å². The highest BCUT2D eigenvalue weighted by Crippen LogP contribution is 1.94. The number of nitrogens with two attached hydrogens (primary N) is 1. The molecule has 2 atom stereocenters. The van der Waals surface area contributed by atoms with Gasteiger partial charge in [0.05, 0.1) is 12.6 Å². The number of methoxy groups -OCH3 is 1. The molecule has 1 amide bonds. The highest BCUT2D eigenvalue weighted by Gasteiger charge is 2.10. The molecule has 0 rings (SSSR count). The lowest BCUT2D eigenvalue weighted by molar-refractivity contribution is -0.122. The third-order valence-corrected chi connectivity index (χ3v) is 1.73. The summed E-state index contributed by atoms with van der Waals surface area (Å²) in [6, 6.07) is 0.0244. The molecule has 0 aliphatic rings. The third kappa shape index (κ3) is 6.54. The second-order valence-corrected chi connectivity index (χ2v) is 3.31. The van der Waals surface area contributed by atoms with Crippen molar-refractivity contribution in [3.63, 3.8) is 0 Å². The lowest BCUT2D eigenvalue weighted by Crippen LogP contribution is -2.39. The van der Waals surface area contributed by atoms with E-state index in [-0.39, 0.29) is 18.0 Å². The van der Waals surface area contributed by atoms with Gasteiger partial charge in [-0.25, -0.2) is 0 Å². The Labute approximate surface area is 79.8 Å². The first-order valence-electron chi connectivity index (χ1n) is 4.64. The van der Waals surface area contributed by atoms with Gasteiger partial charge in [-0.2, -0.15) is 0 Å². The molecule has 0 radical (unpaired) electrons. The molecule has 78 valence electrons. The van der Waals surface area contributed by atoms with E-state index in [1.807, 2.05) is 13.8 Å². The van der Waals surface area contributed by atoms with Crippen LogP contribution in [-0.2, 0) is 9.53 Å². The minimum atomic E-state index is -0.0833. The first-order valence-corrected chi connectivity index (χ1v) is 4.64. The van der Waals surface area contributed by atoms with Crippen LogP contribution in [0.25, 0.3) is 0 Å². The highest BCUT2D eigenvalue weighted by molar-refractivity contribution is 5.76. The molecule has 2 unspecified atom stereocenters. The van der Waals surface area contributed by atoms with E-state index in [0.29, 0.717) is 13.0 Å². The van der Waals surface area contributed by atoms with Gasteiger partial charge in [0.2, 0.25) is 5.91 Å². The zero-order valence-electron chi connectivity index (χ0n) is 8.67. The van der Waals surface area contributed by atoms with Crippen molar-refractivity contribution in [1.29, 1.82) is 0 Å². The maximum absolute atomic E-state index is 11.3. The van der Waals surface area contributed by atoms with Gasteiger partial charge in [-0.15, -0.1) is 0 Å². The molecule has 0 saturated heterocycles. The van der Waals surface area contributed by atoms with E-state index in [1.54, 1.807) is 7.11 Å². The molecule has 0 aromatic heterocycles. The number of hydrogen-bond donors (Lipinski definition) is 2. The second kappa shape index (κ2) is 6.86. The van der Waals surface area contributed by atoms with Crippen molar-refractivity contribution in [3.05, 3.63) is 0 Å². The van der Waals surface area contributed by atoms with Crippen molar-refractivity contribution in [2.24, 2.45) is 5.73 Å². The van der Waals surface area contributed by atoms with E-state index >= 15 is 0 Å². The number of nitrogens with one attached hydrogen (secondary N) is 1. The normalized spacial score (nSPS) is 15.1. The zero-order valence-corrected chi connectivity index (χ0v) is 8.67. The molecular weight excluding hydrogens is 168 g/mol. The summed E-state index contributed by atoms with van der Waals surface area (Å²) < 4.78 is 4.95. The number of carbonyl (C=O) groups excluding carboxylic acids is 1. The van der Waals surface area contributed by atoms with Crippen LogP contribution in [0.2, 0.25) is 0 Å². The number of amides is 1. The van der Waals surface area contributed by atoms with Crippen LogP contribution >= 0.6 is 0 Å². The van der Waals surface area contributed by atoms with Gasteiger partial charge in [0.1, 0.15) is 0 Å². The first kappa shape index (κ1) is 12.4. The predicted molar refractivity (Wildman–Crippen MR) is 52.4 cm³/mol. The summed E-state index contributed by atoms with van der Waals surface area (Å²) >= 11 is 0. The van der Waals surface area contributed by atoms with E-state index in [4.69, 9.17) is 10.5 Å². The average Bonchev–Trinajstić information content (AvgIpc) is 2.02. The second-order valence-electron chi connectivity index (χ2n) is 3.31. The summed E-state index contributed by atoms with van der Waals surface area (Å²) in [7, 11) is 1.63. The van der Waals surface area contributed by atoms with E-state index in [9.17, 15) is 4.79 Å². The molecule has 3 N–H and O–H groups in total. The minimum Gasteiger partial charge on any atom is -0.383 e. The Balaban J connectivity index is 3.73. The molecule has 0 heterocycles. The zero-order chi connectivity index (χ0) is 10.3. The smallest absolute Gasteiger partial charge is 0.221 e. The molecule has 0 aromatic rings. The number of rotatable bonds is 6.